The van der Waals surface area contributed by atoms with Crippen molar-refractivity contribution in [2.24, 2.45) is 5.92 Å². The van der Waals surface area contributed by atoms with Crippen LogP contribution in [0.25, 0.3) is 5.82 Å². The van der Waals surface area contributed by atoms with E-state index >= 15 is 0 Å². The molecule has 10 nitrogen and oxygen atoms in total. The molecule has 0 aliphatic carbocycles. The number of nitrogens with zero attached hydrogens (tertiary/aromatic N) is 8. The van der Waals surface area contributed by atoms with Gasteiger partial charge in [-0.25, -0.2) is 19.6 Å². The highest BCUT2D eigenvalue weighted by Gasteiger charge is 2.32. The number of carbonyl (C=O) groups excluding carboxylic acids is 2. The van der Waals surface area contributed by atoms with E-state index in [1.54, 1.807) is 22.8 Å². The molecule has 2 saturated heterocycles. The molecule has 28 heavy (non-hydrogen) atoms. The van der Waals surface area contributed by atoms with E-state index in [0.29, 0.717) is 38.5 Å². The Morgan fingerprint density at radius 2 is 1.75 bits per heavy atom. The minimum absolute atomic E-state index is 0.0533. The number of amides is 2. The van der Waals surface area contributed by atoms with Crippen molar-refractivity contribution in [2.75, 3.05) is 44.2 Å². The fourth-order valence-electron chi connectivity index (χ4n) is 3.85. The molecule has 1 unspecified atom stereocenters. The predicted molar refractivity (Wildman–Crippen MR) is 101 cm³/mol. The molecule has 2 aromatic heterocycles. The Labute approximate surface area is 163 Å². The third-order valence-electron chi connectivity index (χ3n) is 5.42. The number of aromatic nitrogens is 5. The molecule has 2 aliphatic rings. The summed E-state index contributed by atoms with van der Waals surface area (Å²) in [6.45, 7) is 5.52. The van der Waals surface area contributed by atoms with Crippen LogP contribution in [0.15, 0.2) is 25.0 Å². The van der Waals surface area contributed by atoms with Gasteiger partial charge in [0.05, 0.1) is 5.92 Å². The molecular formula is C18H24N8O2. The van der Waals surface area contributed by atoms with E-state index in [0.717, 1.165) is 25.2 Å². The molecule has 2 amide bonds. The van der Waals surface area contributed by atoms with Crippen LogP contribution in [0.5, 0.6) is 0 Å². The Kier molecular flexibility index (Phi) is 5.18. The van der Waals surface area contributed by atoms with Crippen molar-refractivity contribution in [2.45, 2.75) is 19.8 Å². The van der Waals surface area contributed by atoms with Gasteiger partial charge in [0.25, 0.3) is 0 Å². The van der Waals surface area contributed by atoms with Crippen molar-refractivity contribution in [3.63, 3.8) is 0 Å². The highest BCUT2D eigenvalue weighted by atomic mass is 16.2. The fraction of sp³-hybridized carbons (Fsp3) is 0.556. The first-order chi connectivity index (χ1) is 13.6. The lowest BCUT2D eigenvalue weighted by Gasteiger charge is -2.39. The maximum absolute atomic E-state index is 13.0. The maximum atomic E-state index is 13.0. The summed E-state index contributed by atoms with van der Waals surface area (Å²) < 4.78 is 1.59. The van der Waals surface area contributed by atoms with Crippen molar-refractivity contribution in [1.29, 1.82) is 0 Å². The molecule has 0 saturated carbocycles. The molecule has 10 heteroatoms. The zero-order valence-electron chi connectivity index (χ0n) is 15.9. The number of anilines is 1. The van der Waals surface area contributed by atoms with Gasteiger partial charge in [0.2, 0.25) is 11.8 Å². The van der Waals surface area contributed by atoms with E-state index < -0.39 is 0 Å². The normalized spacial score (nSPS) is 20.3. The highest BCUT2D eigenvalue weighted by molar-refractivity contribution is 5.80. The minimum atomic E-state index is -0.0533. The van der Waals surface area contributed by atoms with E-state index in [2.05, 4.69) is 25.0 Å². The SMILES string of the molecule is CC(=O)N1CCN(C(=O)C2CCCN(c3cc(-n4cncn4)ncn3)C2)CC1. The average molecular weight is 384 g/mol. The average Bonchev–Trinajstić information content (AvgIpc) is 3.28. The summed E-state index contributed by atoms with van der Waals surface area (Å²) >= 11 is 0. The Balaban J connectivity index is 1.41. The zero-order chi connectivity index (χ0) is 19.5. The van der Waals surface area contributed by atoms with E-state index in [4.69, 9.17) is 0 Å². The van der Waals surface area contributed by atoms with Crippen LogP contribution in [0.3, 0.4) is 0 Å². The van der Waals surface area contributed by atoms with Gasteiger partial charge in [-0.05, 0) is 12.8 Å². The summed E-state index contributed by atoms with van der Waals surface area (Å²) in [5.41, 5.74) is 0. The summed E-state index contributed by atoms with van der Waals surface area (Å²) in [7, 11) is 0. The third kappa shape index (κ3) is 3.80. The van der Waals surface area contributed by atoms with Gasteiger partial charge >= 0.3 is 0 Å². The van der Waals surface area contributed by atoms with Crippen LogP contribution in [0.2, 0.25) is 0 Å². The zero-order valence-corrected chi connectivity index (χ0v) is 15.9. The van der Waals surface area contributed by atoms with E-state index in [9.17, 15) is 9.59 Å². The number of piperazine rings is 1. The molecule has 148 valence electrons. The minimum Gasteiger partial charge on any atom is -0.356 e. The second-order valence-corrected chi connectivity index (χ2v) is 7.19. The summed E-state index contributed by atoms with van der Waals surface area (Å²) in [4.78, 5) is 42.9. The Bertz CT molecular complexity index is 832. The van der Waals surface area contributed by atoms with E-state index in [1.165, 1.54) is 12.7 Å². The van der Waals surface area contributed by atoms with Crippen molar-refractivity contribution in [3.05, 3.63) is 25.0 Å². The maximum Gasteiger partial charge on any atom is 0.227 e. The molecule has 0 N–H and O–H groups in total. The molecule has 0 aromatic carbocycles. The van der Waals surface area contributed by atoms with Crippen molar-refractivity contribution < 1.29 is 9.59 Å². The van der Waals surface area contributed by atoms with Gasteiger partial charge in [-0.2, -0.15) is 5.10 Å². The second kappa shape index (κ2) is 7.91. The number of rotatable bonds is 3. The lowest BCUT2D eigenvalue weighted by molar-refractivity contribution is -0.141. The number of carbonyl (C=O) groups is 2. The highest BCUT2D eigenvalue weighted by Crippen LogP contribution is 2.24. The van der Waals surface area contributed by atoms with Gasteiger partial charge in [-0.3, -0.25) is 9.59 Å². The molecule has 0 bridgehead atoms. The van der Waals surface area contributed by atoms with Gasteiger partial charge in [0.1, 0.15) is 24.8 Å². The third-order valence-corrected chi connectivity index (χ3v) is 5.42. The summed E-state index contributed by atoms with van der Waals surface area (Å²) in [5.74, 6) is 1.64. The molecule has 2 aromatic rings. The van der Waals surface area contributed by atoms with Crippen LogP contribution in [0.1, 0.15) is 19.8 Å². The van der Waals surface area contributed by atoms with Gasteiger partial charge in [-0.15, -0.1) is 0 Å². The standard InChI is InChI=1S/C18H24N8O2/c1-14(27)23-5-7-24(8-6-23)18(28)15-3-2-4-25(10-15)16-9-17(21-12-20-16)26-13-19-11-22-26/h9,11-13,15H,2-8,10H2,1H3. The monoisotopic (exact) mass is 384 g/mol. The first kappa shape index (κ1) is 18.3. The molecule has 4 heterocycles. The number of hydrogen-bond donors (Lipinski definition) is 0. The second-order valence-electron chi connectivity index (χ2n) is 7.19. The smallest absolute Gasteiger partial charge is 0.227 e. The summed E-state index contributed by atoms with van der Waals surface area (Å²) in [5, 5.41) is 4.10. The predicted octanol–water partition coefficient (Wildman–Crippen LogP) is -0.0356. The summed E-state index contributed by atoms with van der Waals surface area (Å²) in [6.07, 6.45) is 6.38. The molecule has 0 spiro atoms. The van der Waals surface area contributed by atoms with E-state index in [-0.39, 0.29) is 17.7 Å². The fourth-order valence-corrected chi connectivity index (χ4v) is 3.85. The van der Waals surface area contributed by atoms with Crippen LogP contribution in [0, 0.1) is 5.92 Å². The molecule has 0 radical (unpaired) electrons. The lowest BCUT2D eigenvalue weighted by Crippen LogP contribution is -2.53. The first-order valence-electron chi connectivity index (χ1n) is 9.58. The topological polar surface area (TPSA) is 100 Å². The van der Waals surface area contributed by atoms with Gasteiger partial charge in [0, 0.05) is 52.3 Å². The van der Waals surface area contributed by atoms with Crippen LogP contribution >= 0.6 is 0 Å². The first-order valence-corrected chi connectivity index (χ1v) is 9.58. The largest absolute Gasteiger partial charge is 0.356 e. The molecule has 2 fully saturated rings. The Morgan fingerprint density at radius 1 is 1.00 bits per heavy atom. The van der Waals surface area contributed by atoms with Gasteiger partial charge in [-0.1, -0.05) is 0 Å². The van der Waals surface area contributed by atoms with Crippen LogP contribution in [-0.4, -0.2) is 85.6 Å². The summed E-state index contributed by atoms with van der Waals surface area (Å²) in [6, 6.07) is 1.87. The molecular weight excluding hydrogens is 360 g/mol. The number of hydrogen-bond acceptors (Lipinski definition) is 7. The van der Waals surface area contributed by atoms with Gasteiger partial charge < -0.3 is 14.7 Å². The quantitative estimate of drug-likeness (QED) is 0.732. The van der Waals surface area contributed by atoms with Crippen LogP contribution in [-0.2, 0) is 9.59 Å². The van der Waals surface area contributed by atoms with Crippen molar-refractivity contribution >= 4 is 17.6 Å². The molecule has 4 rings (SSSR count). The molecule has 1 atom stereocenters. The van der Waals surface area contributed by atoms with Crippen molar-refractivity contribution in [3.8, 4) is 5.82 Å². The Hall–Kier alpha value is -3.04. The van der Waals surface area contributed by atoms with Crippen LogP contribution in [0.4, 0.5) is 5.82 Å². The lowest BCUT2D eigenvalue weighted by atomic mass is 9.96. The van der Waals surface area contributed by atoms with E-state index in [1.807, 2.05) is 11.0 Å². The Morgan fingerprint density at radius 3 is 2.46 bits per heavy atom. The van der Waals surface area contributed by atoms with Crippen molar-refractivity contribution in [1.82, 2.24) is 34.5 Å². The number of piperidine rings is 1. The molecule has 2 aliphatic heterocycles. The van der Waals surface area contributed by atoms with Crippen LogP contribution < -0.4 is 4.90 Å². The van der Waals surface area contributed by atoms with Gasteiger partial charge in [0.15, 0.2) is 5.82 Å².